The van der Waals surface area contributed by atoms with Gasteiger partial charge in [-0.2, -0.15) is 0 Å². The molecule has 2 N–H and O–H groups in total. The van der Waals surface area contributed by atoms with E-state index in [1.165, 1.54) is 12.1 Å². The molecule has 0 saturated carbocycles. The summed E-state index contributed by atoms with van der Waals surface area (Å²) in [5.41, 5.74) is 2.12. The summed E-state index contributed by atoms with van der Waals surface area (Å²) >= 11 is 1.57. The van der Waals surface area contributed by atoms with Crippen molar-refractivity contribution < 1.29 is 17.9 Å². The molecule has 0 saturated heterocycles. The molecule has 4 rings (SSSR count). The summed E-state index contributed by atoms with van der Waals surface area (Å²) in [6, 6.07) is 21.4. The minimum Gasteiger partial charge on any atom is -0.487 e. The van der Waals surface area contributed by atoms with Gasteiger partial charge in [0, 0.05) is 16.6 Å². The molecule has 0 aliphatic carbocycles. The average Bonchev–Trinajstić information content (AvgIpc) is 3.23. The molecular formula is C24H21N3O4S2. The summed E-state index contributed by atoms with van der Waals surface area (Å²) in [7, 11) is -3.72. The molecule has 1 heterocycles. The molecule has 0 fully saturated rings. The molecule has 0 spiro atoms. The fraction of sp³-hybridized carbons (Fsp3) is 0.0833. The number of benzene rings is 3. The first kappa shape index (κ1) is 22.5. The van der Waals surface area contributed by atoms with Gasteiger partial charge in [0.15, 0.2) is 0 Å². The topological polar surface area (TPSA) is 97.4 Å². The van der Waals surface area contributed by atoms with E-state index in [4.69, 9.17) is 4.74 Å². The number of nitrogens with zero attached hydrogens (tertiary/aromatic N) is 1. The fourth-order valence-corrected chi connectivity index (χ4v) is 4.68. The summed E-state index contributed by atoms with van der Waals surface area (Å²) in [5, 5.41) is 5.71. The molecule has 1 amide bonds. The van der Waals surface area contributed by atoms with E-state index in [1.807, 2.05) is 12.3 Å². The highest BCUT2D eigenvalue weighted by Gasteiger charge is 2.14. The number of rotatable bonds is 8. The van der Waals surface area contributed by atoms with E-state index in [0.29, 0.717) is 29.3 Å². The highest BCUT2D eigenvalue weighted by Crippen LogP contribution is 2.21. The van der Waals surface area contributed by atoms with Crippen LogP contribution in [0, 0.1) is 6.92 Å². The minimum atomic E-state index is -3.72. The molecule has 168 valence electrons. The number of hydrogen-bond donors (Lipinski definition) is 2. The van der Waals surface area contributed by atoms with Crippen molar-refractivity contribution in [3.63, 3.8) is 0 Å². The van der Waals surface area contributed by atoms with Crippen LogP contribution in [0.4, 0.5) is 11.4 Å². The Balaban J connectivity index is 1.38. The minimum absolute atomic E-state index is 0.159. The Morgan fingerprint density at radius 2 is 1.70 bits per heavy atom. The average molecular weight is 480 g/mol. The lowest BCUT2D eigenvalue weighted by Gasteiger charge is -2.11. The van der Waals surface area contributed by atoms with Crippen LogP contribution in [0.25, 0.3) is 0 Å². The van der Waals surface area contributed by atoms with Crippen LogP contribution in [0.2, 0.25) is 0 Å². The van der Waals surface area contributed by atoms with Crippen molar-refractivity contribution in [1.82, 2.24) is 4.98 Å². The first-order chi connectivity index (χ1) is 15.9. The lowest BCUT2D eigenvalue weighted by atomic mass is 10.2. The number of nitrogens with one attached hydrogen (secondary N) is 2. The Hall–Kier alpha value is -3.69. The van der Waals surface area contributed by atoms with Crippen molar-refractivity contribution >= 4 is 38.6 Å². The Labute approximate surface area is 196 Å². The highest BCUT2D eigenvalue weighted by atomic mass is 32.2. The van der Waals surface area contributed by atoms with Crippen LogP contribution in [0.15, 0.2) is 89.1 Å². The molecular weight excluding hydrogens is 458 g/mol. The Kier molecular flexibility index (Phi) is 6.71. The van der Waals surface area contributed by atoms with Gasteiger partial charge in [-0.05, 0) is 61.5 Å². The third-order valence-electron chi connectivity index (χ3n) is 4.60. The van der Waals surface area contributed by atoms with Crippen molar-refractivity contribution in [3.05, 3.63) is 101 Å². The maximum Gasteiger partial charge on any atom is 0.261 e. The number of thiazole rings is 1. The highest BCUT2D eigenvalue weighted by molar-refractivity contribution is 7.92. The van der Waals surface area contributed by atoms with E-state index in [-0.39, 0.29) is 10.8 Å². The first-order valence-corrected chi connectivity index (χ1v) is 12.4. The van der Waals surface area contributed by atoms with Gasteiger partial charge in [0.2, 0.25) is 0 Å². The summed E-state index contributed by atoms with van der Waals surface area (Å²) in [4.78, 5) is 17.1. The SMILES string of the molecule is Cc1nc(COc2ccc(C(=O)Nc3cccc(NS(=O)(=O)c4ccccc4)c3)cc2)cs1. The molecule has 33 heavy (non-hydrogen) atoms. The predicted molar refractivity (Wildman–Crippen MR) is 129 cm³/mol. The maximum absolute atomic E-state index is 12.6. The third-order valence-corrected chi connectivity index (χ3v) is 6.82. The molecule has 0 bridgehead atoms. The van der Waals surface area contributed by atoms with Gasteiger partial charge in [-0.3, -0.25) is 9.52 Å². The zero-order chi connectivity index (χ0) is 23.3. The summed E-state index contributed by atoms with van der Waals surface area (Å²) < 4.78 is 33.3. The van der Waals surface area contributed by atoms with Crippen LogP contribution >= 0.6 is 11.3 Å². The van der Waals surface area contributed by atoms with Gasteiger partial charge in [-0.1, -0.05) is 24.3 Å². The van der Waals surface area contributed by atoms with Gasteiger partial charge in [0.25, 0.3) is 15.9 Å². The molecule has 3 aromatic carbocycles. The number of aryl methyl sites for hydroxylation is 1. The Bertz CT molecular complexity index is 1350. The van der Waals surface area contributed by atoms with Gasteiger partial charge < -0.3 is 10.1 Å². The predicted octanol–water partition coefficient (Wildman–Crippen LogP) is 5.08. The number of amides is 1. The first-order valence-electron chi connectivity index (χ1n) is 10.0. The molecule has 7 nitrogen and oxygen atoms in total. The van der Waals surface area contributed by atoms with Crippen LogP contribution in [0.3, 0.4) is 0 Å². The number of ether oxygens (including phenoxy) is 1. The smallest absolute Gasteiger partial charge is 0.261 e. The van der Waals surface area contributed by atoms with E-state index >= 15 is 0 Å². The van der Waals surface area contributed by atoms with Crippen LogP contribution in [-0.2, 0) is 16.6 Å². The van der Waals surface area contributed by atoms with Gasteiger partial charge in [-0.15, -0.1) is 11.3 Å². The molecule has 0 radical (unpaired) electrons. The number of aromatic nitrogens is 1. The number of hydrogen-bond acceptors (Lipinski definition) is 6. The summed E-state index contributed by atoms with van der Waals surface area (Å²) in [5.74, 6) is 0.314. The van der Waals surface area contributed by atoms with E-state index < -0.39 is 10.0 Å². The zero-order valence-corrected chi connectivity index (χ0v) is 19.3. The van der Waals surface area contributed by atoms with Crippen molar-refractivity contribution in [2.75, 3.05) is 10.0 Å². The zero-order valence-electron chi connectivity index (χ0n) is 17.7. The van der Waals surface area contributed by atoms with E-state index in [0.717, 1.165) is 10.7 Å². The second-order valence-corrected chi connectivity index (χ2v) is 9.87. The lowest BCUT2D eigenvalue weighted by Crippen LogP contribution is -2.14. The number of carbonyl (C=O) groups excluding carboxylic acids is 1. The maximum atomic E-state index is 12.6. The molecule has 0 atom stereocenters. The quantitative estimate of drug-likeness (QED) is 0.367. The Morgan fingerprint density at radius 3 is 2.39 bits per heavy atom. The van der Waals surface area contributed by atoms with Gasteiger partial charge in [-0.25, -0.2) is 13.4 Å². The van der Waals surface area contributed by atoms with E-state index in [1.54, 1.807) is 78.1 Å². The second-order valence-electron chi connectivity index (χ2n) is 7.12. The normalized spacial score (nSPS) is 11.1. The van der Waals surface area contributed by atoms with Gasteiger partial charge >= 0.3 is 0 Å². The standard InChI is InChI=1S/C24H21N3O4S2/c1-17-25-21(16-32-17)15-31-22-12-10-18(11-13-22)24(28)26-19-6-5-7-20(14-19)27-33(29,30)23-8-3-2-4-9-23/h2-14,16,27H,15H2,1H3,(H,26,28). The molecule has 4 aromatic rings. The molecule has 0 aliphatic rings. The van der Waals surface area contributed by atoms with E-state index in [2.05, 4.69) is 15.0 Å². The Morgan fingerprint density at radius 1 is 0.970 bits per heavy atom. The molecule has 0 unspecified atom stereocenters. The van der Waals surface area contributed by atoms with Crippen molar-refractivity contribution in [2.45, 2.75) is 18.4 Å². The molecule has 9 heteroatoms. The summed E-state index contributed by atoms with van der Waals surface area (Å²) in [6.45, 7) is 2.30. The fourth-order valence-electron chi connectivity index (χ4n) is 3.01. The summed E-state index contributed by atoms with van der Waals surface area (Å²) in [6.07, 6.45) is 0. The van der Waals surface area contributed by atoms with E-state index in [9.17, 15) is 13.2 Å². The number of sulfonamides is 1. The van der Waals surface area contributed by atoms with Crippen LogP contribution < -0.4 is 14.8 Å². The largest absolute Gasteiger partial charge is 0.487 e. The van der Waals surface area contributed by atoms with Crippen molar-refractivity contribution in [3.8, 4) is 5.75 Å². The monoisotopic (exact) mass is 479 g/mol. The second kappa shape index (κ2) is 9.85. The van der Waals surface area contributed by atoms with Crippen molar-refractivity contribution in [1.29, 1.82) is 0 Å². The van der Waals surface area contributed by atoms with Crippen molar-refractivity contribution in [2.24, 2.45) is 0 Å². The van der Waals surface area contributed by atoms with Crippen LogP contribution in [-0.4, -0.2) is 19.3 Å². The lowest BCUT2D eigenvalue weighted by molar-refractivity contribution is 0.102. The molecule has 0 aliphatic heterocycles. The molecule has 1 aromatic heterocycles. The third kappa shape index (κ3) is 5.97. The number of carbonyl (C=O) groups is 1. The van der Waals surface area contributed by atoms with Crippen LogP contribution in [0.1, 0.15) is 21.1 Å². The van der Waals surface area contributed by atoms with Gasteiger partial charge in [0.1, 0.15) is 12.4 Å². The van der Waals surface area contributed by atoms with Gasteiger partial charge in [0.05, 0.1) is 21.3 Å². The number of anilines is 2. The van der Waals surface area contributed by atoms with Crippen LogP contribution in [0.5, 0.6) is 5.75 Å².